The monoisotopic (exact) mass is 241 g/mol. The van der Waals surface area contributed by atoms with E-state index in [2.05, 4.69) is 46.9 Å². The van der Waals surface area contributed by atoms with Crippen LogP contribution in [0.1, 0.15) is 60.8 Å². The van der Waals surface area contributed by atoms with Gasteiger partial charge in [-0.2, -0.15) is 0 Å². The molecule has 0 aromatic heterocycles. The Balaban J connectivity index is 2.29. The van der Waals surface area contributed by atoms with Crippen molar-refractivity contribution in [2.45, 2.75) is 79.0 Å². The molecule has 0 radical (unpaired) electrons. The van der Waals surface area contributed by atoms with Gasteiger partial charge in [-0.1, -0.05) is 27.7 Å². The van der Waals surface area contributed by atoms with Crippen LogP contribution in [0.15, 0.2) is 0 Å². The Kier molecular flexibility index (Phi) is 5.46. The van der Waals surface area contributed by atoms with Crippen LogP contribution in [-0.2, 0) is 4.74 Å². The SMILES string of the molecule is CCOC1CC(NC(C)CCC(C)C)C1(C)C. The van der Waals surface area contributed by atoms with Crippen molar-refractivity contribution in [1.29, 1.82) is 0 Å². The number of hydrogen-bond donors (Lipinski definition) is 1. The lowest BCUT2D eigenvalue weighted by Gasteiger charge is -2.52. The second-order valence-corrected chi connectivity index (χ2v) is 6.59. The van der Waals surface area contributed by atoms with E-state index in [1.165, 1.54) is 19.3 Å². The molecule has 1 aliphatic rings. The van der Waals surface area contributed by atoms with Gasteiger partial charge in [0.25, 0.3) is 0 Å². The van der Waals surface area contributed by atoms with E-state index in [-0.39, 0.29) is 0 Å². The van der Waals surface area contributed by atoms with Crippen LogP contribution in [0.25, 0.3) is 0 Å². The smallest absolute Gasteiger partial charge is 0.0655 e. The second-order valence-electron chi connectivity index (χ2n) is 6.59. The minimum Gasteiger partial charge on any atom is -0.378 e. The van der Waals surface area contributed by atoms with Crippen LogP contribution in [0, 0.1) is 11.3 Å². The maximum Gasteiger partial charge on any atom is 0.0655 e. The third kappa shape index (κ3) is 3.96. The van der Waals surface area contributed by atoms with E-state index in [9.17, 15) is 0 Å². The molecule has 1 fully saturated rings. The van der Waals surface area contributed by atoms with E-state index in [4.69, 9.17) is 4.74 Å². The molecule has 0 heterocycles. The van der Waals surface area contributed by atoms with Crippen LogP contribution >= 0.6 is 0 Å². The summed E-state index contributed by atoms with van der Waals surface area (Å²) in [5.41, 5.74) is 0.294. The molecular formula is C15H31NO. The average Bonchev–Trinajstić information content (AvgIpc) is 2.25. The summed E-state index contributed by atoms with van der Waals surface area (Å²) in [6.45, 7) is 14.5. The Bertz CT molecular complexity index is 225. The molecule has 1 rings (SSSR count). The second kappa shape index (κ2) is 6.19. The van der Waals surface area contributed by atoms with Crippen LogP contribution in [-0.4, -0.2) is 24.8 Å². The van der Waals surface area contributed by atoms with Crippen LogP contribution in [0.2, 0.25) is 0 Å². The van der Waals surface area contributed by atoms with Gasteiger partial charge in [0.15, 0.2) is 0 Å². The molecule has 0 amide bonds. The molecule has 1 N–H and O–H groups in total. The third-order valence-corrected chi connectivity index (χ3v) is 4.21. The minimum absolute atomic E-state index is 0.294. The molecule has 0 aliphatic heterocycles. The first-order valence-electron chi connectivity index (χ1n) is 7.25. The van der Waals surface area contributed by atoms with Crippen LogP contribution in [0.5, 0.6) is 0 Å². The highest BCUT2D eigenvalue weighted by atomic mass is 16.5. The predicted octanol–water partition coefficient (Wildman–Crippen LogP) is 3.60. The molecule has 1 saturated carbocycles. The van der Waals surface area contributed by atoms with Gasteiger partial charge in [-0.3, -0.25) is 0 Å². The molecule has 3 unspecified atom stereocenters. The Morgan fingerprint density at radius 1 is 1.24 bits per heavy atom. The van der Waals surface area contributed by atoms with Crippen molar-refractivity contribution < 1.29 is 4.74 Å². The Labute approximate surface area is 108 Å². The summed E-state index contributed by atoms with van der Waals surface area (Å²) in [6.07, 6.45) is 4.22. The molecule has 3 atom stereocenters. The highest BCUT2D eigenvalue weighted by Crippen LogP contribution is 2.43. The van der Waals surface area contributed by atoms with Gasteiger partial charge in [0.1, 0.15) is 0 Å². The van der Waals surface area contributed by atoms with Crippen molar-refractivity contribution in [2.24, 2.45) is 11.3 Å². The molecule has 2 nitrogen and oxygen atoms in total. The first-order chi connectivity index (χ1) is 7.87. The molecule has 0 saturated heterocycles. The third-order valence-electron chi connectivity index (χ3n) is 4.21. The lowest BCUT2D eigenvalue weighted by Crippen LogP contribution is -2.62. The molecule has 1 aliphatic carbocycles. The summed E-state index contributed by atoms with van der Waals surface area (Å²) in [7, 11) is 0. The fourth-order valence-electron chi connectivity index (χ4n) is 2.66. The first kappa shape index (κ1) is 15.0. The quantitative estimate of drug-likeness (QED) is 0.735. The summed E-state index contributed by atoms with van der Waals surface area (Å²) in [6, 6.07) is 1.26. The molecule has 2 heteroatoms. The molecule has 0 spiro atoms. The highest BCUT2D eigenvalue weighted by molar-refractivity contribution is 5.03. The van der Waals surface area contributed by atoms with Crippen molar-refractivity contribution in [3.05, 3.63) is 0 Å². The van der Waals surface area contributed by atoms with Gasteiger partial charge in [0.2, 0.25) is 0 Å². The average molecular weight is 241 g/mol. The largest absolute Gasteiger partial charge is 0.378 e. The molecule has 102 valence electrons. The summed E-state index contributed by atoms with van der Waals surface area (Å²) >= 11 is 0. The highest BCUT2D eigenvalue weighted by Gasteiger charge is 2.48. The van der Waals surface area contributed by atoms with E-state index in [0.717, 1.165) is 12.5 Å². The molecule has 0 aromatic carbocycles. The van der Waals surface area contributed by atoms with E-state index in [0.29, 0.717) is 23.6 Å². The lowest BCUT2D eigenvalue weighted by molar-refractivity contribution is -0.116. The summed E-state index contributed by atoms with van der Waals surface area (Å²) in [5, 5.41) is 3.77. The zero-order valence-electron chi connectivity index (χ0n) is 12.5. The van der Waals surface area contributed by atoms with Crippen molar-refractivity contribution in [2.75, 3.05) is 6.61 Å². The van der Waals surface area contributed by atoms with Gasteiger partial charge in [-0.25, -0.2) is 0 Å². The zero-order chi connectivity index (χ0) is 13.1. The van der Waals surface area contributed by atoms with Crippen molar-refractivity contribution >= 4 is 0 Å². The maximum absolute atomic E-state index is 5.76. The normalized spacial score (nSPS) is 29.1. The Morgan fingerprint density at radius 2 is 1.88 bits per heavy atom. The van der Waals surface area contributed by atoms with Gasteiger partial charge in [0, 0.05) is 24.1 Å². The summed E-state index contributed by atoms with van der Waals surface area (Å²) < 4.78 is 5.76. The predicted molar refractivity (Wildman–Crippen MR) is 74.3 cm³/mol. The topological polar surface area (TPSA) is 21.3 Å². The first-order valence-corrected chi connectivity index (χ1v) is 7.25. The number of ether oxygens (including phenoxy) is 1. The fourth-order valence-corrected chi connectivity index (χ4v) is 2.66. The van der Waals surface area contributed by atoms with Crippen molar-refractivity contribution in [3.8, 4) is 0 Å². The molecular weight excluding hydrogens is 210 g/mol. The molecule has 0 aromatic rings. The standard InChI is InChI=1S/C15H31NO/c1-7-17-14-10-13(15(14,5)6)16-12(4)9-8-11(2)3/h11-14,16H,7-10H2,1-6H3. The lowest BCUT2D eigenvalue weighted by atomic mass is 9.64. The Hall–Kier alpha value is -0.0800. The van der Waals surface area contributed by atoms with Crippen molar-refractivity contribution in [3.63, 3.8) is 0 Å². The fraction of sp³-hybridized carbons (Fsp3) is 1.00. The maximum atomic E-state index is 5.76. The van der Waals surface area contributed by atoms with Gasteiger partial charge in [-0.05, 0) is 39.0 Å². The van der Waals surface area contributed by atoms with Crippen LogP contribution in [0.3, 0.4) is 0 Å². The van der Waals surface area contributed by atoms with Crippen LogP contribution in [0.4, 0.5) is 0 Å². The van der Waals surface area contributed by atoms with Gasteiger partial charge in [0.05, 0.1) is 6.10 Å². The van der Waals surface area contributed by atoms with Gasteiger partial charge >= 0.3 is 0 Å². The van der Waals surface area contributed by atoms with Gasteiger partial charge in [-0.15, -0.1) is 0 Å². The van der Waals surface area contributed by atoms with Crippen LogP contribution < -0.4 is 5.32 Å². The van der Waals surface area contributed by atoms with E-state index < -0.39 is 0 Å². The van der Waals surface area contributed by atoms with Gasteiger partial charge < -0.3 is 10.1 Å². The molecule has 0 bridgehead atoms. The zero-order valence-corrected chi connectivity index (χ0v) is 12.5. The molecule has 17 heavy (non-hydrogen) atoms. The summed E-state index contributed by atoms with van der Waals surface area (Å²) in [5.74, 6) is 0.810. The van der Waals surface area contributed by atoms with E-state index >= 15 is 0 Å². The van der Waals surface area contributed by atoms with E-state index in [1.54, 1.807) is 0 Å². The number of rotatable bonds is 7. The summed E-state index contributed by atoms with van der Waals surface area (Å²) in [4.78, 5) is 0. The van der Waals surface area contributed by atoms with Crippen molar-refractivity contribution in [1.82, 2.24) is 5.32 Å². The minimum atomic E-state index is 0.294. The number of hydrogen-bond acceptors (Lipinski definition) is 2. The number of nitrogens with one attached hydrogen (secondary N) is 1. The van der Waals surface area contributed by atoms with E-state index in [1.807, 2.05) is 0 Å². The Morgan fingerprint density at radius 3 is 2.35 bits per heavy atom.